The molecular weight excluding hydrogens is 763 g/mol. The van der Waals surface area contributed by atoms with Crippen LogP contribution in [-0.4, -0.2) is 85.3 Å². The number of aromatic nitrogens is 5. The molecule has 2 aliphatic heterocycles. The van der Waals surface area contributed by atoms with E-state index in [4.69, 9.17) is 29.5 Å². The van der Waals surface area contributed by atoms with E-state index in [9.17, 15) is 14.4 Å². The number of nitrogens with zero attached hydrogens (tertiary/aromatic N) is 6. The highest BCUT2D eigenvalue weighted by molar-refractivity contribution is 5.88. The molecule has 3 N–H and O–H groups in total. The minimum Gasteiger partial charge on any atom is -0.453 e. The zero-order valence-corrected chi connectivity index (χ0v) is 33.0. The monoisotopic (exact) mass is 805 g/mol. The van der Waals surface area contributed by atoms with Crippen molar-refractivity contribution < 1.29 is 28.9 Å². The van der Waals surface area contributed by atoms with E-state index in [2.05, 4.69) is 20.3 Å². The van der Waals surface area contributed by atoms with Crippen LogP contribution in [0.4, 0.5) is 4.79 Å². The Morgan fingerprint density at radius 1 is 0.750 bits per heavy atom. The molecule has 5 heterocycles. The summed E-state index contributed by atoms with van der Waals surface area (Å²) in [5.41, 5.74) is 6.51. The predicted octanol–water partition coefficient (Wildman–Crippen LogP) is 6.78. The number of H-pyrrole nitrogens is 2. The third kappa shape index (κ3) is 6.93. The Balaban J connectivity index is 0.857. The number of benzene rings is 3. The molecule has 3 aromatic carbocycles. The number of carbonyl (C=O) groups excluding carboxylic acids is 3. The second kappa shape index (κ2) is 15.4. The molecule has 10 rings (SSSR count). The van der Waals surface area contributed by atoms with Gasteiger partial charge in [0.2, 0.25) is 6.40 Å². The topological polar surface area (TPSA) is 180 Å². The first-order valence-corrected chi connectivity index (χ1v) is 20.2. The van der Waals surface area contributed by atoms with Crippen molar-refractivity contribution in [3.05, 3.63) is 126 Å². The van der Waals surface area contributed by atoms with E-state index in [1.54, 1.807) is 6.20 Å². The number of aliphatic imine (C=N–C) groups is 1. The summed E-state index contributed by atoms with van der Waals surface area (Å²) < 4.78 is 4.87. The maximum absolute atomic E-state index is 14.2. The molecule has 0 bridgehead atoms. The van der Waals surface area contributed by atoms with Crippen molar-refractivity contribution in [1.29, 1.82) is 0 Å². The predicted molar refractivity (Wildman–Crippen MR) is 220 cm³/mol. The van der Waals surface area contributed by atoms with Crippen LogP contribution in [0.3, 0.4) is 0 Å². The van der Waals surface area contributed by atoms with Crippen LogP contribution < -0.4 is 5.32 Å². The number of amides is 3. The number of piperidine rings is 2. The SMILES string of the molecule is COOC=N[C@@H](C(=O)N1[C@H](c2nc3ncc(-c4ccc(-c5cnc([C@@H]6C[C@@H]7C[C@@H]7N6C(=O)[C@@H](NC(=O)OC)c6ccccc6)[nH]5)cc4)cc3[nH]2)C[C@@H]2C[C@@H]21)c1ccccc1. The number of pyridine rings is 1. The molecule has 0 radical (unpaired) electrons. The molecule has 15 heteroatoms. The first-order valence-electron chi connectivity index (χ1n) is 20.2. The van der Waals surface area contributed by atoms with Gasteiger partial charge in [0.1, 0.15) is 17.7 Å². The number of likely N-dealkylation sites (tertiary alicyclic amines) is 2. The van der Waals surface area contributed by atoms with E-state index in [1.165, 1.54) is 20.6 Å². The van der Waals surface area contributed by atoms with Gasteiger partial charge in [-0.3, -0.25) is 9.59 Å². The molecule has 304 valence electrons. The van der Waals surface area contributed by atoms with Crippen molar-refractivity contribution >= 4 is 35.5 Å². The van der Waals surface area contributed by atoms with Crippen LogP contribution in [0.5, 0.6) is 0 Å². The number of hydrogen-bond donors (Lipinski definition) is 3. The maximum Gasteiger partial charge on any atom is 0.407 e. The Morgan fingerprint density at radius 2 is 1.40 bits per heavy atom. The lowest BCUT2D eigenvalue weighted by Gasteiger charge is -2.30. The zero-order valence-electron chi connectivity index (χ0n) is 33.0. The van der Waals surface area contributed by atoms with E-state index >= 15 is 0 Å². The summed E-state index contributed by atoms with van der Waals surface area (Å²) in [5, 5.41) is 2.75. The second-order valence-electron chi connectivity index (χ2n) is 15.9. The van der Waals surface area contributed by atoms with Gasteiger partial charge in [0.05, 0.1) is 43.7 Å². The van der Waals surface area contributed by atoms with E-state index in [0.29, 0.717) is 34.7 Å². The van der Waals surface area contributed by atoms with Gasteiger partial charge < -0.3 is 34.7 Å². The number of ether oxygens (including phenoxy) is 1. The largest absolute Gasteiger partial charge is 0.453 e. The summed E-state index contributed by atoms with van der Waals surface area (Å²) in [4.78, 5) is 79.9. The summed E-state index contributed by atoms with van der Waals surface area (Å²) in [6.07, 6.45) is 7.65. The number of alkyl carbamates (subject to hydrolysis) is 1. The van der Waals surface area contributed by atoms with Gasteiger partial charge in [0, 0.05) is 23.8 Å². The minimum atomic E-state index is -0.878. The van der Waals surface area contributed by atoms with Gasteiger partial charge in [-0.15, -0.1) is 0 Å². The summed E-state index contributed by atoms with van der Waals surface area (Å²) in [6.45, 7) is 0. The Morgan fingerprint density at radius 3 is 2.08 bits per heavy atom. The molecule has 60 heavy (non-hydrogen) atoms. The molecule has 6 aromatic rings. The molecule has 3 aromatic heterocycles. The lowest BCUT2D eigenvalue weighted by molar-refractivity contribution is -0.188. The number of fused-ring (bicyclic) bond motifs is 3. The van der Waals surface area contributed by atoms with Gasteiger partial charge >= 0.3 is 6.09 Å². The van der Waals surface area contributed by atoms with Crippen LogP contribution >= 0.6 is 0 Å². The van der Waals surface area contributed by atoms with E-state index in [-0.39, 0.29) is 36.0 Å². The average molecular weight is 806 g/mol. The highest BCUT2D eigenvalue weighted by Crippen LogP contribution is 2.55. The molecule has 8 atom stereocenters. The van der Waals surface area contributed by atoms with Gasteiger partial charge in [0.25, 0.3) is 11.8 Å². The fourth-order valence-electron chi connectivity index (χ4n) is 9.22. The normalized spacial score (nSPS) is 23.6. The molecule has 0 spiro atoms. The Kier molecular flexibility index (Phi) is 9.59. The Bertz CT molecular complexity index is 2580. The van der Waals surface area contributed by atoms with Gasteiger partial charge in [-0.1, -0.05) is 84.9 Å². The quantitative estimate of drug-likeness (QED) is 0.0520. The van der Waals surface area contributed by atoms with Gasteiger partial charge in [-0.25, -0.2) is 24.7 Å². The summed E-state index contributed by atoms with van der Waals surface area (Å²) in [6, 6.07) is 27.0. The van der Waals surface area contributed by atoms with Crippen LogP contribution in [0.1, 0.15) is 72.6 Å². The van der Waals surface area contributed by atoms with Crippen molar-refractivity contribution in [2.45, 2.75) is 61.9 Å². The first-order chi connectivity index (χ1) is 29.4. The number of rotatable bonds is 12. The minimum absolute atomic E-state index is 0.108. The van der Waals surface area contributed by atoms with Gasteiger partial charge in [-0.05, 0) is 65.8 Å². The summed E-state index contributed by atoms with van der Waals surface area (Å²) in [7, 11) is 2.68. The molecule has 2 saturated carbocycles. The second-order valence-corrected chi connectivity index (χ2v) is 15.9. The fraction of sp³-hybridized carbons (Fsp3) is 0.311. The number of nitrogens with one attached hydrogen (secondary N) is 3. The van der Waals surface area contributed by atoms with Crippen LogP contribution in [-0.2, 0) is 24.1 Å². The third-order valence-electron chi connectivity index (χ3n) is 12.4. The van der Waals surface area contributed by atoms with E-state index in [1.807, 2.05) is 107 Å². The Hall–Kier alpha value is -6.87. The van der Waals surface area contributed by atoms with Crippen LogP contribution in [0.25, 0.3) is 33.5 Å². The molecule has 4 fully saturated rings. The number of methoxy groups -OCH3 is 1. The molecule has 3 amide bonds. The van der Waals surface area contributed by atoms with Crippen molar-refractivity contribution in [3.63, 3.8) is 0 Å². The molecule has 4 aliphatic rings. The van der Waals surface area contributed by atoms with Crippen molar-refractivity contribution in [2.75, 3.05) is 14.2 Å². The van der Waals surface area contributed by atoms with Crippen LogP contribution in [0.2, 0.25) is 0 Å². The molecule has 15 nitrogen and oxygen atoms in total. The molecule has 2 saturated heterocycles. The standard InChI is InChI=1S/C45H43N9O6/c1-58-45(57)51-39(28-11-7-4-8-12-28)44(56)53-34-18-29(34)20-36(53)41-47-23-33(50-41)26-15-13-25(14-16-26)31-17-32-40(46-22-31)52-42(49-32)37-21-30-19-35(30)54(37)43(55)38(48-24-60-59-2)27-9-5-3-6-10-27/h3-17,22-24,29-30,34-39H,18-21H2,1-2H3,(H,47,50)(H,51,57)(H,46,49,52)/t29-,30-,34-,35-,36-,37-,38+,39-/m0/s1. The fourth-order valence-corrected chi connectivity index (χ4v) is 9.22. The first kappa shape index (κ1) is 37.4. The zero-order chi connectivity index (χ0) is 40.9. The van der Waals surface area contributed by atoms with Crippen LogP contribution in [0, 0.1) is 11.8 Å². The smallest absolute Gasteiger partial charge is 0.407 e. The van der Waals surface area contributed by atoms with Gasteiger partial charge in [0.15, 0.2) is 11.7 Å². The molecular formula is C45H43N9O6. The molecule has 0 unspecified atom stereocenters. The number of aromatic amines is 2. The van der Waals surface area contributed by atoms with Gasteiger partial charge in [-0.2, -0.15) is 4.89 Å². The lowest BCUT2D eigenvalue weighted by atomic mass is 10.0. The summed E-state index contributed by atoms with van der Waals surface area (Å²) >= 11 is 0. The summed E-state index contributed by atoms with van der Waals surface area (Å²) in [5.74, 6) is 1.95. The van der Waals surface area contributed by atoms with E-state index in [0.717, 1.165) is 59.1 Å². The third-order valence-corrected chi connectivity index (χ3v) is 12.4. The van der Waals surface area contributed by atoms with Crippen molar-refractivity contribution in [2.24, 2.45) is 16.8 Å². The Labute approximate surface area is 345 Å². The number of carbonyl (C=O) groups is 3. The lowest BCUT2D eigenvalue weighted by Crippen LogP contribution is -2.44. The highest BCUT2D eigenvalue weighted by atomic mass is 17.2. The van der Waals surface area contributed by atoms with Crippen molar-refractivity contribution in [1.82, 2.24) is 40.0 Å². The van der Waals surface area contributed by atoms with Crippen LogP contribution in [0.15, 0.2) is 108 Å². The number of imidazole rings is 2. The average Bonchev–Trinajstić information content (AvgIpc) is 3.91. The highest BCUT2D eigenvalue weighted by Gasteiger charge is 2.57. The number of hydrogen-bond acceptors (Lipinski definition) is 10. The van der Waals surface area contributed by atoms with Crippen molar-refractivity contribution in [3.8, 4) is 22.4 Å². The maximum atomic E-state index is 14.2. The molecule has 2 aliphatic carbocycles. The van der Waals surface area contributed by atoms with E-state index < -0.39 is 18.2 Å².